The summed E-state index contributed by atoms with van der Waals surface area (Å²) < 4.78 is 0. The Morgan fingerprint density at radius 3 is 2.38 bits per heavy atom. The van der Waals surface area contributed by atoms with Gasteiger partial charge < -0.3 is 16.2 Å². The highest BCUT2D eigenvalue weighted by Crippen LogP contribution is 2.01. The van der Waals surface area contributed by atoms with Crippen molar-refractivity contribution in [3.05, 3.63) is 0 Å². The van der Waals surface area contributed by atoms with Gasteiger partial charge in [-0.1, -0.05) is 0 Å². The van der Waals surface area contributed by atoms with E-state index >= 15 is 0 Å². The van der Waals surface area contributed by atoms with Crippen LogP contribution in [-0.4, -0.2) is 35.4 Å². The predicted molar refractivity (Wildman–Crippen MR) is 57.8 cm³/mol. The minimum Gasteiger partial charge on any atom is -0.480 e. The summed E-state index contributed by atoms with van der Waals surface area (Å²) in [6, 6.07) is -0.932. The van der Waals surface area contributed by atoms with Crippen LogP contribution in [0.4, 0.5) is 0 Å². The van der Waals surface area contributed by atoms with Crippen LogP contribution in [0.3, 0.4) is 0 Å². The number of nitrogens with two attached hydrogens (primary N) is 1. The van der Waals surface area contributed by atoms with Gasteiger partial charge in [0.1, 0.15) is 11.8 Å². The molecule has 1 amide bonds. The van der Waals surface area contributed by atoms with E-state index in [0.717, 1.165) is 0 Å². The zero-order chi connectivity index (χ0) is 12.6. The lowest BCUT2D eigenvalue weighted by atomic mass is 10.1. The van der Waals surface area contributed by atoms with E-state index in [9.17, 15) is 14.4 Å². The van der Waals surface area contributed by atoms with Crippen molar-refractivity contribution < 1.29 is 19.5 Å². The van der Waals surface area contributed by atoms with Crippen molar-refractivity contribution in [2.24, 2.45) is 5.73 Å². The molecule has 0 saturated carbocycles. The normalized spacial score (nSPS) is 11.9. The molecule has 1 atom stereocenters. The van der Waals surface area contributed by atoms with E-state index in [2.05, 4.69) is 5.32 Å². The number of Topliss-reactive ketones (excluding diaryl/α,β-unsaturated/α-hetero) is 1. The predicted octanol–water partition coefficient (Wildman–Crippen LogP) is -0.336. The third-order valence-electron chi connectivity index (χ3n) is 1.99. The number of hydrogen-bond donors (Lipinski definition) is 3. The lowest BCUT2D eigenvalue weighted by molar-refractivity contribution is -0.142. The molecule has 0 radical (unpaired) electrons. The summed E-state index contributed by atoms with van der Waals surface area (Å²) in [6.45, 7) is 1.78. The fourth-order valence-electron chi connectivity index (χ4n) is 1.22. The van der Waals surface area contributed by atoms with Gasteiger partial charge in [-0.05, 0) is 32.7 Å². The van der Waals surface area contributed by atoms with E-state index in [1.807, 2.05) is 0 Å². The number of unbranched alkanes of at least 4 members (excludes halogenated alkanes) is 1. The first kappa shape index (κ1) is 14.6. The number of ketones is 1. The zero-order valence-electron chi connectivity index (χ0n) is 9.36. The van der Waals surface area contributed by atoms with E-state index in [1.54, 1.807) is 0 Å². The third-order valence-corrected chi connectivity index (χ3v) is 1.99. The first-order valence-corrected chi connectivity index (χ1v) is 5.19. The van der Waals surface area contributed by atoms with Gasteiger partial charge in [-0.2, -0.15) is 0 Å². The summed E-state index contributed by atoms with van der Waals surface area (Å²) in [5, 5.41) is 11.1. The summed E-state index contributed by atoms with van der Waals surface area (Å²) in [5.74, 6) is -1.93. The monoisotopic (exact) mass is 230 g/mol. The van der Waals surface area contributed by atoms with Crippen LogP contribution < -0.4 is 11.1 Å². The molecule has 0 unspecified atom stereocenters. The zero-order valence-corrected chi connectivity index (χ0v) is 9.36. The van der Waals surface area contributed by atoms with Crippen LogP contribution in [0.5, 0.6) is 0 Å². The number of nitrogens with one attached hydrogen (secondary N) is 1. The summed E-state index contributed by atoms with van der Waals surface area (Å²) in [6.07, 6.45) is 1.40. The van der Waals surface area contributed by atoms with Crippen molar-refractivity contribution in [1.29, 1.82) is 0 Å². The molecule has 6 heteroatoms. The second-order valence-electron chi connectivity index (χ2n) is 3.62. The van der Waals surface area contributed by atoms with Gasteiger partial charge in [0.05, 0.1) is 6.42 Å². The molecule has 0 aliphatic carbocycles. The summed E-state index contributed by atoms with van der Waals surface area (Å²) in [4.78, 5) is 32.6. The van der Waals surface area contributed by atoms with Crippen LogP contribution in [-0.2, 0) is 14.4 Å². The number of hydrogen-bond acceptors (Lipinski definition) is 4. The van der Waals surface area contributed by atoms with Crippen LogP contribution in [0, 0.1) is 0 Å². The maximum atomic E-state index is 11.2. The van der Waals surface area contributed by atoms with E-state index in [4.69, 9.17) is 10.8 Å². The van der Waals surface area contributed by atoms with Crippen molar-refractivity contribution in [2.45, 2.75) is 38.6 Å². The van der Waals surface area contributed by atoms with Crippen LogP contribution in [0.15, 0.2) is 0 Å². The minimum absolute atomic E-state index is 0.277. The molecule has 0 bridgehead atoms. The van der Waals surface area contributed by atoms with Crippen molar-refractivity contribution >= 4 is 17.7 Å². The van der Waals surface area contributed by atoms with Crippen LogP contribution in [0.25, 0.3) is 0 Å². The lowest BCUT2D eigenvalue weighted by Gasteiger charge is -2.13. The molecule has 6 nitrogen and oxygen atoms in total. The Morgan fingerprint density at radius 1 is 1.31 bits per heavy atom. The highest BCUT2D eigenvalue weighted by Gasteiger charge is 2.19. The van der Waals surface area contributed by atoms with Crippen molar-refractivity contribution in [1.82, 2.24) is 5.32 Å². The molecule has 4 N–H and O–H groups in total. The first-order valence-electron chi connectivity index (χ1n) is 5.19. The second-order valence-corrected chi connectivity index (χ2v) is 3.62. The highest BCUT2D eigenvalue weighted by atomic mass is 16.4. The average molecular weight is 230 g/mol. The van der Waals surface area contributed by atoms with E-state index in [0.29, 0.717) is 25.8 Å². The Bertz CT molecular complexity index is 266. The minimum atomic E-state index is -1.09. The molecule has 92 valence electrons. The Balaban J connectivity index is 4.07. The fourth-order valence-corrected chi connectivity index (χ4v) is 1.22. The van der Waals surface area contributed by atoms with E-state index in [1.165, 1.54) is 6.92 Å². The number of carboxylic acids is 1. The second kappa shape index (κ2) is 7.81. The number of rotatable bonds is 8. The molecule has 0 heterocycles. The van der Waals surface area contributed by atoms with Gasteiger partial charge in [-0.25, -0.2) is 4.79 Å². The van der Waals surface area contributed by atoms with Gasteiger partial charge in [-0.3, -0.25) is 9.59 Å². The van der Waals surface area contributed by atoms with Crippen LogP contribution in [0.1, 0.15) is 32.6 Å². The van der Waals surface area contributed by atoms with Gasteiger partial charge in [0.25, 0.3) is 0 Å². The molecule has 0 aromatic rings. The molecule has 0 rings (SSSR count). The van der Waals surface area contributed by atoms with Crippen LogP contribution >= 0.6 is 0 Å². The van der Waals surface area contributed by atoms with Crippen molar-refractivity contribution in [3.8, 4) is 0 Å². The molecule has 0 aliphatic rings. The third kappa shape index (κ3) is 6.94. The number of aliphatic carboxylic acids is 1. The molecule has 16 heavy (non-hydrogen) atoms. The van der Waals surface area contributed by atoms with Gasteiger partial charge in [-0.15, -0.1) is 0 Å². The Kier molecular flexibility index (Phi) is 7.11. The Labute approximate surface area is 94.2 Å². The number of carbonyl (C=O) groups is 3. The molecular weight excluding hydrogens is 212 g/mol. The Hall–Kier alpha value is -1.43. The van der Waals surface area contributed by atoms with Gasteiger partial charge >= 0.3 is 5.97 Å². The average Bonchev–Trinajstić information content (AvgIpc) is 2.15. The molecule has 0 aliphatic heterocycles. The SMILES string of the molecule is CC(=O)CC(=O)N[C@@H](CCCCN)C(=O)O. The quantitative estimate of drug-likeness (QED) is 0.390. The highest BCUT2D eigenvalue weighted by molar-refractivity contribution is 5.98. The van der Waals surface area contributed by atoms with Gasteiger partial charge in [0.2, 0.25) is 5.91 Å². The molecule has 0 fully saturated rings. The molecule has 0 aromatic carbocycles. The summed E-state index contributed by atoms with van der Waals surface area (Å²) >= 11 is 0. The van der Waals surface area contributed by atoms with Gasteiger partial charge in [0, 0.05) is 0 Å². The van der Waals surface area contributed by atoms with Gasteiger partial charge in [0.15, 0.2) is 0 Å². The topological polar surface area (TPSA) is 109 Å². The Morgan fingerprint density at radius 2 is 1.94 bits per heavy atom. The smallest absolute Gasteiger partial charge is 0.326 e. The van der Waals surface area contributed by atoms with E-state index in [-0.39, 0.29) is 12.2 Å². The summed E-state index contributed by atoms with van der Waals surface area (Å²) in [7, 11) is 0. The fraction of sp³-hybridized carbons (Fsp3) is 0.700. The van der Waals surface area contributed by atoms with E-state index < -0.39 is 17.9 Å². The maximum Gasteiger partial charge on any atom is 0.326 e. The lowest BCUT2D eigenvalue weighted by Crippen LogP contribution is -2.41. The maximum absolute atomic E-state index is 11.2. The molecule has 0 saturated heterocycles. The van der Waals surface area contributed by atoms with Crippen molar-refractivity contribution in [3.63, 3.8) is 0 Å². The number of amides is 1. The first-order chi connectivity index (χ1) is 7.47. The summed E-state index contributed by atoms with van der Waals surface area (Å²) in [5.41, 5.74) is 5.28. The number of carbonyl (C=O) groups excluding carboxylic acids is 2. The molecule has 0 spiro atoms. The molecular formula is C10H18N2O4. The largest absolute Gasteiger partial charge is 0.480 e. The van der Waals surface area contributed by atoms with Crippen molar-refractivity contribution in [2.75, 3.05) is 6.54 Å². The molecule has 0 aromatic heterocycles. The number of carboxylic acid groups (broad SMARTS) is 1. The standard InChI is InChI=1S/C10H18N2O4/c1-7(13)6-9(14)12-8(10(15)16)4-2-3-5-11/h8H,2-6,11H2,1H3,(H,12,14)(H,15,16)/t8-/m0/s1. The van der Waals surface area contributed by atoms with Crippen LogP contribution in [0.2, 0.25) is 0 Å².